The summed E-state index contributed by atoms with van der Waals surface area (Å²) in [6.45, 7) is 0. The van der Waals surface area contributed by atoms with Crippen LogP contribution in [0.15, 0.2) is 41.5 Å². The standard InChI is InChI=1S/C15H13ClN2O4/c1-22-13-7-9(6-11(16)14(13)20)8-17-18-15(21)10-4-2-3-5-12(10)19/h2-8,19-20H,1H3,(H,18,21)/b17-8+. The largest absolute Gasteiger partial charge is 0.507 e. The summed E-state index contributed by atoms with van der Waals surface area (Å²) in [6, 6.07) is 9.10. The molecule has 22 heavy (non-hydrogen) atoms. The van der Waals surface area contributed by atoms with Gasteiger partial charge in [-0.2, -0.15) is 5.10 Å². The van der Waals surface area contributed by atoms with Crippen LogP contribution < -0.4 is 10.2 Å². The van der Waals surface area contributed by atoms with Crippen molar-refractivity contribution >= 4 is 23.7 Å². The number of amides is 1. The summed E-state index contributed by atoms with van der Waals surface area (Å²) < 4.78 is 4.96. The zero-order chi connectivity index (χ0) is 16.1. The number of hydrogen-bond acceptors (Lipinski definition) is 5. The van der Waals surface area contributed by atoms with Crippen molar-refractivity contribution in [3.05, 3.63) is 52.5 Å². The summed E-state index contributed by atoms with van der Waals surface area (Å²) >= 11 is 5.84. The molecule has 0 saturated heterocycles. The van der Waals surface area contributed by atoms with Crippen molar-refractivity contribution in [2.75, 3.05) is 7.11 Å². The van der Waals surface area contributed by atoms with Gasteiger partial charge < -0.3 is 14.9 Å². The third-order valence-electron chi connectivity index (χ3n) is 2.80. The number of nitrogens with zero attached hydrogens (tertiary/aromatic N) is 1. The molecule has 7 heteroatoms. The highest BCUT2D eigenvalue weighted by molar-refractivity contribution is 6.32. The molecule has 0 bridgehead atoms. The van der Waals surface area contributed by atoms with Crippen LogP contribution in [0.3, 0.4) is 0 Å². The second-order valence-corrected chi connectivity index (χ2v) is 4.68. The average Bonchev–Trinajstić information content (AvgIpc) is 2.50. The SMILES string of the molecule is COc1cc(/C=N/NC(=O)c2ccccc2O)cc(Cl)c1O. The monoisotopic (exact) mass is 320 g/mol. The van der Waals surface area contributed by atoms with Crippen LogP contribution in [0.4, 0.5) is 0 Å². The number of benzene rings is 2. The van der Waals surface area contributed by atoms with Gasteiger partial charge in [0.1, 0.15) is 5.75 Å². The Hall–Kier alpha value is -2.73. The maximum atomic E-state index is 11.8. The molecule has 3 N–H and O–H groups in total. The van der Waals surface area contributed by atoms with Crippen molar-refractivity contribution in [3.8, 4) is 17.2 Å². The molecule has 2 rings (SSSR count). The molecule has 0 radical (unpaired) electrons. The smallest absolute Gasteiger partial charge is 0.275 e. The molecular weight excluding hydrogens is 308 g/mol. The molecule has 1 amide bonds. The van der Waals surface area contributed by atoms with Gasteiger partial charge in [-0.25, -0.2) is 5.43 Å². The van der Waals surface area contributed by atoms with E-state index in [4.69, 9.17) is 16.3 Å². The van der Waals surface area contributed by atoms with E-state index in [1.54, 1.807) is 12.1 Å². The zero-order valence-electron chi connectivity index (χ0n) is 11.6. The number of hydrogen-bond donors (Lipinski definition) is 3. The number of rotatable bonds is 4. The van der Waals surface area contributed by atoms with E-state index < -0.39 is 5.91 Å². The van der Waals surface area contributed by atoms with Crippen LogP contribution in [0.25, 0.3) is 0 Å². The molecule has 0 saturated carbocycles. The number of para-hydroxylation sites is 1. The van der Waals surface area contributed by atoms with E-state index in [1.807, 2.05) is 0 Å². The fraction of sp³-hybridized carbons (Fsp3) is 0.0667. The predicted molar refractivity (Wildman–Crippen MR) is 82.8 cm³/mol. The highest BCUT2D eigenvalue weighted by Crippen LogP contribution is 2.34. The van der Waals surface area contributed by atoms with Gasteiger partial charge in [0.15, 0.2) is 11.5 Å². The number of nitrogens with one attached hydrogen (secondary N) is 1. The fourth-order valence-electron chi connectivity index (χ4n) is 1.72. The van der Waals surface area contributed by atoms with Crippen molar-refractivity contribution in [2.45, 2.75) is 0 Å². The Morgan fingerprint density at radius 2 is 2.05 bits per heavy atom. The summed E-state index contributed by atoms with van der Waals surface area (Å²) in [5.74, 6) is -0.656. The van der Waals surface area contributed by atoms with E-state index in [2.05, 4.69) is 10.5 Å². The normalized spacial score (nSPS) is 10.6. The second-order valence-electron chi connectivity index (χ2n) is 4.27. The number of halogens is 1. The van der Waals surface area contributed by atoms with Gasteiger partial charge in [0.05, 0.1) is 23.9 Å². The van der Waals surface area contributed by atoms with Crippen LogP contribution in [0.1, 0.15) is 15.9 Å². The van der Waals surface area contributed by atoms with Crippen LogP contribution in [-0.2, 0) is 0 Å². The first kappa shape index (κ1) is 15.7. The minimum absolute atomic E-state index is 0.104. The third-order valence-corrected chi connectivity index (χ3v) is 3.09. The Morgan fingerprint density at radius 3 is 2.73 bits per heavy atom. The van der Waals surface area contributed by atoms with Crippen LogP contribution in [0, 0.1) is 0 Å². The number of methoxy groups -OCH3 is 1. The molecule has 0 aliphatic heterocycles. The number of phenols is 2. The van der Waals surface area contributed by atoms with E-state index in [0.29, 0.717) is 5.56 Å². The fourth-order valence-corrected chi connectivity index (χ4v) is 1.93. The number of ether oxygens (including phenoxy) is 1. The first-order valence-electron chi connectivity index (χ1n) is 6.21. The maximum Gasteiger partial charge on any atom is 0.275 e. The minimum atomic E-state index is -0.550. The summed E-state index contributed by atoms with van der Waals surface area (Å²) in [7, 11) is 1.40. The van der Waals surface area contributed by atoms with Crippen LogP contribution >= 0.6 is 11.6 Å². The lowest BCUT2D eigenvalue weighted by molar-refractivity contribution is 0.0952. The Bertz CT molecular complexity index is 731. The topological polar surface area (TPSA) is 91.2 Å². The molecule has 0 atom stereocenters. The molecule has 2 aromatic carbocycles. The second kappa shape index (κ2) is 6.82. The van der Waals surface area contributed by atoms with E-state index >= 15 is 0 Å². The predicted octanol–water partition coefficient (Wildman–Crippen LogP) is 2.52. The molecule has 0 heterocycles. The third kappa shape index (κ3) is 3.48. The number of phenolic OH excluding ortho intramolecular Hbond substituents is 2. The van der Waals surface area contributed by atoms with Crippen molar-refractivity contribution in [1.82, 2.24) is 5.43 Å². The Balaban J connectivity index is 2.12. The van der Waals surface area contributed by atoms with Gasteiger partial charge in [-0.1, -0.05) is 23.7 Å². The summed E-state index contributed by atoms with van der Waals surface area (Å²) in [6.07, 6.45) is 1.34. The van der Waals surface area contributed by atoms with Crippen molar-refractivity contribution in [2.24, 2.45) is 5.10 Å². The first-order valence-corrected chi connectivity index (χ1v) is 6.58. The van der Waals surface area contributed by atoms with E-state index in [1.165, 1.54) is 37.6 Å². The maximum absolute atomic E-state index is 11.8. The summed E-state index contributed by atoms with van der Waals surface area (Å²) in [5.41, 5.74) is 2.92. The van der Waals surface area contributed by atoms with Crippen LogP contribution in [-0.4, -0.2) is 29.4 Å². The van der Waals surface area contributed by atoms with E-state index in [9.17, 15) is 15.0 Å². The first-order chi connectivity index (χ1) is 10.5. The molecule has 0 aromatic heterocycles. The molecule has 0 fully saturated rings. The number of carbonyl (C=O) groups is 1. The van der Waals surface area contributed by atoms with Gasteiger partial charge >= 0.3 is 0 Å². The molecule has 0 spiro atoms. The summed E-state index contributed by atoms with van der Waals surface area (Å²) in [5, 5.41) is 23.1. The number of hydrazone groups is 1. The molecular formula is C15H13ClN2O4. The zero-order valence-corrected chi connectivity index (χ0v) is 12.3. The van der Waals surface area contributed by atoms with Crippen molar-refractivity contribution < 1.29 is 19.7 Å². The van der Waals surface area contributed by atoms with Gasteiger partial charge in [0, 0.05) is 0 Å². The highest BCUT2D eigenvalue weighted by Gasteiger charge is 2.10. The van der Waals surface area contributed by atoms with Crippen molar-refractivity contribution in [3.63, 3.8) is 0 Å². The lowest BCUT2D eigenvalue weighted by atomic mass is 10.2. The Kier molecular flexibility index (Phi) is 4.85. The molecule has 0 aliphatic rings. The molecule has 0 unspecified atom stereocenters. The Morgan fingerprint density at radius 1 is 1.32 bits per heavy atom. The van der Waals surface area contributed by atoms with Crippen molar-refractivity contribution in [1.29, 1.82) is 0 Å². The van der Waals surface area contributed by atoms with Gasteiger partial charge in [0.25, 0.3) is 5.91 Å². The van der Waals surface area contributed by atoms with Crippen LogP contribution in [0.2, 0.25) is 5.02 Å². The number of carbonyl (C=O) groups excluding carboxylic acids is 1. The lowest BCUT2D eigenvalue weighted by Crippen LogP contribution is -2.17. The van der Waals surface area contributed by atoms with Gasteiger partial charge in [-0.15, -0.1) is 0 Å². The lowest BCUT2D eigenvalue weighted by Gasteiger charge is -2.06. The molecule has 6 nitrogen and oxygen atoms in total. The quantitative estimate of drug-likeness (QED) is 0.596. The molecule has 0 aliphatic carbocycles. The van der Waals surface area contributed by atoms with Crippen LogP contribution in [0.5, 0.6) is 17.2 Å². The summed E-state index contributed by atoms with van der Waals surface area (Å²) in [4.78, 5) is 11.8. The Labute approximate surface area is 131 Å². The van der Waals surface area contributed by atoms with E-state index in [-0.39, 0.29) is 27.8 Å². The minimum Gasteiger partial charge on any atom is -0.507 e. The van der Waals surface area contributed by atoms with Gasteiger partial charge in [-0.05, 0) is 29.8 Å². The number of aromatic hydroxyl groups is 2. The van der Waals surface area contributed by atoms with E-state index in [0.717, 1.165) is 0 Å². The molecule has 114 valence electrons. The molecule has 2 aromatic rings. The van der Waals surface area contributed by atoms with Gasteiger partial charge in [-0.3, -0.25) is 4.79 Å². The average molecular weight is 321 g/mol. The highest BCUT2D eigenvalue weighted by atomic mass is 35.5. The van der Waals surface area contributed by atoms with Gasteiger partial charge in [0.2, 0.25) is 0 Å².